The average Bonchev–Trinajstić information content (AvgIpc) is 2.92. The fourth-order valence-electron chi connectivity index (χ4n) is 3.83. The number of nitrogens with zero attached hydrogens (tertiary/aromatic N) is 4. The third-order valence-electron chi connectivity index (χ3n) is 5.87. The van der Waals surface area contributed by atoms with E-state index in [1.807, 2.05) is 57.2 Å². The number of rotatable bonds is 7. The van der Waals surface area contributed by atoms with Crippen LogP contribution in [0.3, 0.4) is 0 Å². The number of hydrogen-bond donors (Lipinski definition) is 2. The third-order valence-corrected chi connectivity index (χ3v) is 6.29. The van der Waals surface area contributed by atoms with E-state index in [0.717, 1.165) is 22.9 Å². The molecule has 1 N–H and O–H groups in total. The molecule has 3 heterocycles. The molecule has 0 atom stereocenters. The molecular weight excluding hydrogens is 518 g/mol. The van der Waals surface area contributed by atoms with Gasteiger partial charge in [0.15, 0.2) is 0 Å². The lowest BCUT2D eigenvalue weighted by Gasteiger charge is -2.31. The van der Waals surface area contributed by atoms with Crippen LogP contribution in [0.4, 0.5) is 15.3 Å². The van der Waals surface area contributed by atoms with E-state index in [2.05, 4.69) is 28.1 Å². The van der Waals surface area contributed by atoms with Gasteiger partial charge in [0.25, 0.3) is 0 Å². The summed E-state index contributed by atoms with van der Waals surface area (Å²) in [6.45, 7) is 7.34. The van der Waals surface area contributed by atoms with Crippen molar-refractivity contribution >= 4 is 30.6 Å². The van der Waals surface area contributed by atoms with Gasteiger partial charge in [0.05, 0.1) is 18.5 Å². The van der Waals surface area contributed by atoms with Crippen LogP contribution in [0.25, 0.3) is 0 Å². The third kappa shape index (κ3) is 8.51. The molecule has 4 rings (SSSR count). The van der Waals surface area contributed by atoms with Crippen molar-refractivity contribution in [2.75, 3.05) is 24.0 Å². The van der Waals surface area contributed by atoms with E-state index >= 15 is 0 Å². The van der Waals surface area contributed by atoms with Crippen LogP contribution < -0.4 is 23.8 Å². The number of amides is 3. The number of likely N-dealkylation sites (tertiary alicyclic amines) is 1. The van der Waals surface area contributed by atoms with Crippen LogP contribution in [0.1, 0.15) is 33.6 Å². The van der Waals surface area contributed by atoms with Gasteiger partial charge < -0.3 is 24.4 Å². The quantitative estimate of drug-likeness (QED) is 0.362. The first-order valence-corrected chi connectivity index (χ1v) is 13.1. The van der Waals surface area contributed by atoms with E-state index in [0.29, 0.717) is 42.9 Å². The molecule has 1 aliphatic heterocycles. The molecule has 0 spiro atoms. The predicted octanol–water partition coefficient (Wildman–Crippen LogP) is 5.72. The van der Waals surface area contributed by atoms with Gasteiger partial charge in [-0.3, -0.25) is 0 Å². The summed E-state index contributed by atoms with van der Waals surface area (Å²) < 4.78 is 18.3. The fraction of sp³-hybridized carbons (Fsp3) is 0.357. The standard InChI is InChI=1S/C28H33N5O5S/c1-28(2,3)31-26(34)33(39)21-7-12-25(30-18-21)38-27(35)32-16-13-20(14-17-32)19-36-22-8-10-23(11-9-22)37-24-6-4-5-15-29-24/h4-12,15,18,20,39H,13-14,16-17,19H2,1-3H3,(H,31,34). The highest BCUT2D eigenvalue weighted by molar-refractivity contribution is 7.82. The van der Waals surface area contributed by atoms with Crippen molar-refractivity contribution in [1.29, 1.82) is 0 Å². The van der Waals surface area contributed by atoms with Gasteiger partial charge in [-0.25, -0.2) is 23.9 Å². The number of thiol groups is 1. The molecule has 1 aliphatic rings. The summed E-state index contributed by atoms with van der Waals surface area (Å²) in [4.78, 5) is 34.8. The minimum absolute atomic E-state index is 0.155. The number of piperidine rings is 1. The van der Waals surface area contributed by atoms with Crippen molar-refractivity contribution in [2.24, 2.45) is 5.92 Å². The molecule has 0 radical (unpaired) electrons. The largest absolute Gasteiger partial charge is 0.493 e. The second-order valence-corrected chi connectivity index (χ2v) is 10.6. The van der Waals surface area contributed by atoms with Crippen molar-refractivity contribution in [3.8, 4) is 23.3 Å². The first kappa shape index (κ1) is 28.0. The zero-order chi connectivity index (χ0) is 27.8. The Balaban J connectivity index is 1.18. The highest BCUT2D eigenvalue weighted by Gasteiger charge is 2.25. The number of urea groups is 1. The monoisotopic (exact) mass is 551 g/mol. The zero-order valence-electron chi connectivity index (χ0n) is 22.2. The van der Waals surface area contributed by atoms with Gasteiger partial charge >= 0.3 is 12.1 Å². The van der Waals surface area contributed by atoms with Crippen LogP contribution in [0.15, 0.2) is 67.0 Å². The van der Waals surface area contributed by atoms with Gasteiger partial charge in [-0.15, -0.1) is 0 Å². The first-order chi connectivity index (χ1) is 18.7. The molecule has 2 aromatic heterocycles. The zero-order valence-corrected chi connectivity index (χ0v) is 23.1. The molecule has 39 heavy (non-hydrogen) atoms. The smallest absolute Gasteiger partial charge is 0.416 e. The second-order valence-electron chi connectivity index (χ2n) is 10.2. The molecule has 3 aromatic rings. The molecule has 10 nitrogen and oxygen atoms in total. The Bertz CT molecular complexity index is 1230. The van der Waals surface area contributed by atoms with E-state index in [4.69, 9.17) is 14.2 Å². The Morgan fingerprint density at radius 2 is 1.72 bits per heavy atom. The van der Waals surface area contributed by atoms with Gasteiger partial charge in [-0.05, 0) is 75.9 Å². The van der Waals surface area contributed by atoms with Gasteiger partial charge in [0, 0.05) is 37.0 Å². The van der Waals surface area contributed by atoms with Crippen molar-refractivity contribution in [1.82, 2.24) is 20.2 Å². The topological polar surface area (TPSA) is 106 Å². The van der Waals surface area contributed by atoms with E-state index in [-0.39, 0.29) is 11.9 Å². The molecule has 0 unspecified atom stereocenters. The SMILES string of the molecule is CC(C)(C)NC(=O)N(S)c1ccc(OC(=O)N2CCC(COc3ccc(Oc4ccccn4)cc3)CC2)nc1. The summed E-state index contributed by atoms with van der Waals surface area (Å²) in [6.07, 6.45) is 4.27. The number of benzene rings is 1. The molecular formula is C28H33N5O5S. The second kappa shape index (κ2) is 12.7. The summed E-state index contributed by atoms with van der Waals surface area (Å²) in [5, 5.41) is 2.81. The molecule has 11 heteroatoms. The lowest BCUT2D eigenvalue weighted by Crippen LogP contribution is -2.45. The highest BCUT2D eigenvalue weighted by Crippen LogP contribution is 2.25. The van der Waals surface area contributed by atoms with Crippen LogP contribution >= 0.6 is 12.8 Å². The van der Waals surface area contributed by atoms with Crippen LogP contribution in [-0.4, -0.2) is 52.2 Å². The van der Waals surface area contributed by atoms with E-state index < -0.39 is 11.6 Å². The summed E-state index contributed by atoms with van der Waals surface area (Å²) in [5.41, 5.74) is 0.0542. The van der Waals surface area contributed by atoms with Crippen molar-refractivity contribution in [2.45, 2.75) is 39.2 Å². The number of anilines is 1. The van der Waals surface area contributed by atoms with Gasteiger partial charge in [-0.1, -0.05) is 18.9 Å². The van der Waals surface area contributed by atoms with Crippen LogP contribution in [0, 0.1) is 5.92 Å². The highest BCUT2D eigenvalue weighted by atomic mass is 32.1. The summed E-state index contributed by atoms with van der Waals surface area (Å²) in [7, 11) is 0. The van der Waals surface area contributed by atoms with E-state index in [1.54, 1.807) is 23.2 Å². The lowest BCUT2D eigenvalue weighted by atomic mass is 9.98. The number of carbonyl (C=O) groups is 2. The van der Waals surface area contributed by atoms with Gasteiger partial charge in [0.1, 0.15) is 11.5 Å². The van der Waals surface area contributed by atoms with Gasteiger partial charge in [0.2, 0.25) is 11.8 Å². The molecule has 1 saturated heterocycles. The number of nitrogens with one attached hydrogen (secondary N) is 1. The lowest BCUT2D eigenvalue weighted by molar-refractivity contribution is 0.115. The number of hydrogen-bond acceptors (Lipinski definition) is 8. The first-order valence-electron chi connectivity index (χ1n) is 12.7. The number of carbonyl (C=O) groups excluding carboxylic acids is 2. The molecule has 0 bridgehead atoms. The van der Waals surface area contributed by atoms with Crippen molar-refractivity contribution in [3.05, 3.63) is 67.0 Å². The molecule has 206 valence electrons. The maximum Gasteiger partial charge on any atom is 0.416 e. The predicted molar refractivity (Wildman–Crippen MR) is 151 cm³/mol. The Labute approximate surface area is 233 Å². The Morgan fingerprint density at radius 1 is 1.00 bits per heavy atom. The maximum atomic E-state index is 12.6. The van der Waals surface area contributed by atoms with E-state index in [9.17, 15) is 9.59 Å². The number of aromatic nitrogens is 2. The normalized spacial score (nSPS) is 13.9. The molecule has 0 saturated carbocycles. The minimum atomic E-state index is -0.452. The summed E-state index contributed by atoms with van der Waals surface area (Å²) in [5.74, 6) is 2.47. The van der Waals surface area contributed by atoms with Crippen LogP contribution in [0.2, 0.25) is 0 Å². The summed E-state index contributed by atoms with van der Waals surface area (Å²) >= 11 is 4.23. The Morgan fingerprint density at radius 3 is 2.33 bits per heavy atom. The summed E-state index contributed by atoms with van der Waals surface area (Å²) in [6, 6.07) is 15.7. The number of pyridine rings is 2. The fourth-order valence-corrected chi connectivity index (χ4v) is 4.00. The van der Waals surface area contributed by atoms with Crippen molar-refractivity contribution in [3.63, 3.8) is 0 Å². The van der Waals surface area contributed by atoms with E-state index in [1.165, 1.54) is 12.3 Å². The van der Waals surface area contributed by atoms with Crippen LogP contribution in [-0.2, 0) is 0 Å². The molecule has 1 fully saturated rings. The minimum Gasteiger partial charge on any atom is -0.493 e. The molecule has 3 amide bonds. The maximum absolute atomic E-state index is 12.6. The Hall–Kier alpha value is -3.99. The average molecular weight is 552 g/mol. The Kier molecular flexibility index (Phi) is 9.13. The van der Waals surface area contributed by atoms with Crippen molar-refractivity contribution < 1.29 is 23.8 Å². The molecule has 0 aliphatic carbocycles. The number of ether oxygens (including phenoxy) is 3. The van der Waals surface area contributed by atoms with Gasteiger partial charge in [-0.2, -0.15) is 0 Å². The van der Waals surface area contributed by atoms with Crippen LogP contribution in [0.5, 0.6) is 23.3 Å². The molecule has 1 aromatic carbocycles.